The minimum absolute atomic E-state index is 0.0452. The molecule has 0 aliphatic carbocycles. The molecule has 1 aromatic carbocycles. The zero-order chi connectivity index (χ0) is 33.0. The lowest BCUT2D eigenvalue weighted by Crippen LogP contribution is -2.65. The first kappa shape index (κ1) is 31.9. The summed E-state index contributed by atoms with van der Waals surface area (Å²) in [6.45, 7) is 9.76. The second kappa shape index (κ2) is 12.3. The fourth-order valence-electron chi connectivity index (χ4n) is 6.55. The van der Waals surface area contributed by atoms with Crippen LogP contribution in [0.1, 0.15) is 37.9 Å². The average Bonchev–Trinajstić information content (AvgIpc) is 3.01. The number of anilines is 2. The van der Waals surface area contributed by atoms with Crippen molar-refractivity contribution in [3.05, 3.63) is 69.0 Å². The van der Waals surface area contributed by atoms with Crippen LogP contribution in [0.25, 0.3) is 28.0 Å². The Kier molecular flexibility index (Phi) is 8.51. The molecule has 0 spiro atoms. The van der Waals surface area contributed by atoms with Gasteiger partial charge in [0.15, 0.2) is 5.65 Å². The third-order valence-electron chi connectivity index (χ3n) is 8.80. The highest BCUT2D eigenvalue weighted by atomic mass is 35.5. The van der Waals surface area contributed by atoms with Crippen molar-refractivity contribution < 1.29 is 13.9 Å². The number of nitrogens with zero attached hydrogens (tertiary/aromatic N) is 6. The van der Waals surface area contributed by atoms with Crippen LogP contribution in [0.4, 0.5) is 15.8 Å². The predicted octanol–water partition coefficient (Wildman–Crippen LogP) is 4.76. The normalized spacial score (nSPS) is 18.0. The molecule has 4 aromatic rings. The highest BCUT2D eigenvalue weighted by Gasteiger charge is 2.44. The number of hydrogen-bond acceptors (Lipinski definition) is 8. The molecule has 5 heterocycles. The monoisotopic (exact) mass is 647 g/mol. The molecule has 0 unspecified atom stereocenters. The van der Waals surface area contributed by atoms with Crippen LogP contribution in [-0.2, 0) is 4.79 Å². The molecule has 6 rings (SSSR count). The number of piperazine rings is 1. The minimum atomic E-state index is -0.558. The summed E-state index contributed by atoms with van der Waals surface area (Å²) in [7, 11) is 5.32. The van der Waals surface area contributed by atoms with Crippen LogP contribution in [0, 0.1) is 12.7 Å². The lowest BCUT2D eigenvalue weighted by Gasteiger charge is -2.47. The summed E-state index contributed by atoms with van der Waals surface area (Å²) in [5.41, 5.74) is 3.08. The maximum atomic E-state index is 15.5. The minimum Gasteiger partial charge on any atom is -0.496 e. The number of benzene rings is 1. The smallest absolute Gasteiger partial charge is 0.283 e. The van der Waals surface area contributed by atoms with Gasteiger partial charge < -0.3 is 24.8 Å². The molecule has 0 saturated carbocycles. The van der Waals surface area contributed by atoms with Crippen molar-refractivity contribution >= 4 is 39.9 Å². The van der Waals surface area contributed by atoms with Gasteiger partial charge in [-0.2, -0.15) is 0 Å². The molecule has 242 valence electrons. The molecule has 1 saturated heterocycles. The van der Waals surface area contributed by atoms with Gasteiger partial charge in [0.05, 0.1) is 40.5 Å². The van der Waals surface area contributed by atoms with Crippen LogP contribution >= 0.6 is 11.6 Å². The molecular formula is C34H39ClFN7O3. The van der Waals surface area contributed by atoms with Gasteiger partial charge in [-0.05, 0) is 63.7 Å². The number of rotatable bonds is 7. The van der Waals surface area contributed by atoms with Gasteiger partial charge in [-0.3, -0.25) is 19.1 Å². The molecule has 12 heteroatoms. The number of hydrogen-bond donors (Lipinski definition) is 1. The third-order valence-corrected chi connectivity index (χ3v) is 9.08. The first-order valence-corrected chi connectivity index (χ1v) is 15.9. The summed E-state index contributed by atoms with van der Waals surface area (Å²) >= 11 is 7.00. The van der Waals surface area contributed by atoms with E-state index in [-0.39, 0.29) is 45.6 Å². The Bertz CT molecular complexity index is 1910. The van der Waals surface area contributed by atoms with Crippen molar-refractivity contribution in [1.29, 1.82) is 0 Å². The quantitative estimate of drug-likeness (QED) is 0.307. The van der Waals surface area contributed by atoms with Crippen molar-refractivity contribution in [2.75, 3.05) is 57.2 Å². The first-order valence-electron chi connectivity index (χ1n) is 15.5. The molecule has 1 fully saturated rings. The largest absolute Gasteiger partial charge is 0.496 e. The van der Waals surface area contributed by atoms with Crippen molar-refractivity contribution in [2.45, 2.75) is 45.7 Å². The summed E-state index contributed by atoms with van der Waals surface area (Å²) in [6.07, 6.45) is 1.72. The molecule has 1 amide bonds. The van der Waals surface area contributed by atoms with Gasteiger partial charge in [-0.25, -0.2) is 9.37 Å². The van der Waals surface area contributed by atoms with Crippen LogP contribution in [0.2, 0.25) is 5.02 Å². The maximum Gasteiger partial charge on any atom is 0.283 e. The van der Waals surface area contributed by atoms with Crippen LogP contribution in [0.3, 0.4) is 0 Å². The lowest BCUT2D eigenvalue weighted by molar-refractivity contribution is -0.120. The van der Waals surface area contributed by atoms with Gasteiger partial charge in [-0.15, -0.1) is 0 Å². The van der Waals surface area contributed by atoms with E-state index in [1.807, 2.05) is 57.7 Å². The molecule has 0 radical (unpaired) electrons. The molecule has 2 aliphatic heterocycles. The molecule has 3 aromatic heterocycles. The number of pyridine rings is 3. The summed E-state index contributed by atoms with van der Waals surface area (Å²) in [5, 5.41) is 4.20. The Balaban J connectivity index is 1.80. The average molecular weight is 648 g/mol. The second-order valence-corrected chi connectivity index (χ2v) is 13.0. The van der Waals surface area contributed by atoms with Crippen LogP contribution in [-0.4, -0.2) is 84.8 Å². The SMILES string of the molecule is COc1cccc(F)c1-c1nc2c(cc1Cl)c1c(c(=O)n2-c2c(C)ccnc2C(C)C)N(CCN(C)C)C(=O)[C@H]2CN[C@H](C)CN12. The lowest BCUT2D eigenvalue weighted by atomic mass is 9.98. The number of ether oxygens (including phenoxy) is 1. The predicted molar refractivity (Wildman–Crippen MR) is 180 cm³/mol. The Morgan fingerprint density at radius 3 is 2.63 bits per heavy atom. The van der Waals surface area contributed by atoms with Gasteiger partial charge >= 0.3 is 0 Å². The van der Waals surface area contributed by atoms with Crippen molar-refractivity contribution in [2.24, 2.45) is 0 Å². The maximum absolute atomic E-state index is 15.5. The number of carbonyl (C=O) groups excluding carboxylic acids is 1. The number of methoxy groups -OCH3 is 1. The molecule has 0 bridgehead atoms. The third kappa shape index (κ3) is 5.20. The molecule has 10 nitrogen and oxygen atoms in total. The van der Waals surface area contributed by atoms with E-state index >= 15 is 9.18 Å². The van der Waals surface area contributed by atoms with Gasteiger partial charge in [0, 0.05) is 43.8 Å². The van der Waals surface area contributed by atoms with Crippen LogP contribution in [0.5, 0.6) is 5.75 Å². The number of fused-ring (bicyclic) bond motifs is 5. The van der Waals surface area contributed by atoms with Crippen molar-refractivity contribution in [1.82, 2.24) is 24.8 Å². The van der Waals surface area contributed by atoms with Gasteiger partial charge in [0.1, 0.15) is 23.3 Å². The number of aromatic nitrogens is 3. The van der Waals surface area contributed by atoms with Gasteiger partial charge in [0.25, 0.3) is 11.5 Å². The number of amides is 1. The van der Waals surface area contributed by atoms with Crippen molar-refractivity contribution in [3.8, 4) is 22.7 Å². The molecule has 2 atom stereocenters. The number of halogens is 2. The Hall–Kier alpha value is -4.06. The molecule has 2 aliphatic rings. The summed E-state index contributed by atoms with van der Waals surface area (Å²) in [6, 6.07) is 7.63. The van der Waals surface area contributed by atoms with Gasteiger partial charge in [0.2, 0.25) is 0 Å². The summed E-state index contributed by atoms with van der Waals surface area (Å²) in [5.74, 6) is -0.485. The van der Waals surface area contributed by atoms with E-state index < -0.39 is 17.4 Å². The summed E-state index contributed by atoms with van der Waals surface area (Å²) in [4.78, 5) is 44.7. The fourth-order valence-corrected chi connectivity index (χ4v) is 6.80. The van der Waals surface area contributed by atoms with Crippen LogP contribution < -0.4 is 25.4 Å². The fraction of sp³-hybridized carbons (Fsp3) is 0.412. The zero-order valence-corrected chi connectivity index (χ0v) is 27.9. The van der Waals surface area contributed by atoms with Crippen molar-refractivity contribution in [3.63, 3.8) is 0 Å². The van der Waals surface area contributed by atoms with E-state index in [1.54, 1.807) is 33.9 Å². The number of nitrogens with one attached hydrogen (secondary N) is 1. The highest BCUT2D eigenvalue weighted by molar-refractivity contribution is 6.34. The summed E-state index contributed by atoms with van der Waals surface area (Å²) < 4.78 is 22.6. The Morgan fingerprint density at radius 1 is 1.17 bits per heavy atom. The van der Waals surface area contributed by atoms with E-state index in [1.165, 1.54) is 13.2 Å². The standard InChI is InChI=1S/C34H39ClFN7O3/c1-18(2)27-29(19(3)11-12-37-27)43-32-21(15-22(35)28(39-32)26-23(36)9-8-10-25(26)46-7)30-31(34(43)45)41(14-13-40(5)6)33(44)24-16-38-20(4)17-42(24)30/h8-12,15,18,20,24,38H,13-14,16-17H2,1-7H3/t20-,24-/m1/s1. The second-order valence-electron chi connectivity index (χ2n) is 12.6. The van der Waals surface area contributed by atoms with E-state index in [4.69, 9.17) is 21.3 Å². The zero-order valence-electron chi connectivity index (χ0n) is 27.2. The number of carbonyl (C=O) groups is 1. The van der Waals surface area contributed by atoms with E-state index in [9.17, 15) is 4.79 Å². The van der Waals surface area contributed by atoms with E-state index in [0.29, 0.717) is 54.3 Å². The Morgan fingerprint density at radius 2 is 1.93 bits per heavy atom. The number of aryl methyl sites for hydroxylation is 1. The molecule has 1 N–H and O–H groups in total. The van der Waals surface area contributed by atoms with Crippen LogP contribution in [0.15, 0.2) is 41.3 Å². The number of likely N-dealkylation sites (N-methyl/N-ethyl adjacent to an activating group) is 1. The molecular weight excluding hydrogens is 609 g/mol. The topological polar surface area (TPSA) is 95.8 Å². The van der Waals surface area contributed by atoms with E-state index in [2.05, 4.69) is 10.3 Å². The highest BCUT2D eigenvalue weighted by Crippen LogP contribution is 2.44. The van der Waals surface area contributed by atoms with Gasteiger partial charge in [-0.1, -0.05) is 31.5 Å². The Labute approximate surface area is 272 Å². The molecule has 46 heavy (non-hydrogen) atoms. The van der Waals surface area contributed by atoms with E-state index in [0.717, 1.165) is 5.56 Å². The first-order chi connectivity index (χ1) is 21.9.